The second-order valence-corrected chi connectivity index (χ2v) is 12.0. The van der Waals surface area contributed by atoms with Crippen molar-refractivity contribution in [1.29, 1.82) is 0 Å². The normalized spacial score (nSPS) is 28.3. The number of Topliss-reactive ketones (excluding diaryl/α,β-unsaturated/α-hetero) is 1. The summed E-state index contributed by atoms with van der Waals surface area (Å²) in [5, 5.41) is 0. The lowest BCUT2D eigenvalue weighted by Crippen LogP contribution is -2.45. The average molecular weight is 268 g/mol. The number of carbonyl (C=O) groups is 2. The van der Waals surface area contributed by atoms with Gasteiger partial charge in [0.15, 0.2) is 5.78 Å². The fraction of sp³-hybridized carbons (Fsp3) is 0.714. The molecule has 1 aliphatic carbocycles. The molecule has 0 N–H and O–H groups in total. The highest BCUT2D eigenvalue weighted by Gasteiger charge is 2.56. The first-order valence-electron chi connectivity index (χ1n) is 6.44. The molecule has 0 amide bonds. The number of hydrogen-bond acceptors (Lipinski definition) is 3. The zero-order valence-corrected chi connectivity index (χ0v) is 13.1. The number of hydrogen-bond donors (Lipinski definition) is 0. The van der Waals surface area contributed by atoms with Crippen LogP contribution >= 0.6 is 0 Å². The largest absolute Gasteiger partial charge is 0.468 e. The van der Waals surface area contributed by atoms with E-state index in [0.29, 0.717) is 0 Å². The van der Waals surface area contributed by atoms with Gasteiger partial charge in [-0.2, -0.15) is 0 Å². The lowest BCUT2D eigenvalue weighted by atomic mass is 9.73. The van der Waals surface area contributed by atoms with Crippen molar-refractivity contribution in [3.63, 3.8) is 0 Å². The third kappa shape index (κ3) is 2.44. The van der Waals surface area contributed by atoms with Crippen LogP contribution in [0.1, 0.15) is 19.8 Å². The Morgan fingerprint density at radius 1 is 1.44 bits per heavy atom. The van der Waals surface area contributed by atoms with Crippen molar-refractivity contribution < 1.29 is 14.3 Å². The first-order valence-corrected chi connectivity index (χ1v) is 10.1. The van der Waals surface area contributed by atoms with Crippen molar-refractivity contribution >= 4 is 19.8 Å². The van der Waals surface area contributed by atoms with E-state index < -0.39 is 19.5 Å². The van der Waals surface area contributed by atoms with Crippen LogP contribution in [0.25, 0.3) is 0 Å². The van der Waals surface area contributed by atoms with Crippen molar-refractivity contribution in [2.75, 3.05) is 7.11 Å². The summed E-state index contributed by atoms with van der Waals surface area (Å²) < 4.78 is 4.91. The first-order chi connectivity index (χ1) is 8.16. The van der Waals surface area contributed by atoms with Crippen LogP contribution in [-0.4, -0.2) is 26.9 Å². The van der Waals surface area contributed by atoms with E-state index in [1.807, 2.05) is 0 Å². The molecule has 0 aromatic rings. The number of methoxy groups -OCH3 is 1. The van der Waals surface area contributed by atoms with E-state index in [1.54, 1.807) is 0 Å². The van der Waals surface area contributed by atoms with Gasteiger partial charge in [0.05, 0.1) is 7.11 Å². The molecule has 0 aromatic heterocycles. The number of carbonyl (C=O) groups excluding carboxylic acids is 2. The zero-order chi connectivity index (χ0) is 14.1. The highest BCUT2D eigenvalue weighted by molar-refractivity contribution is 6.76. The molecule has 18 heavy (non-hydrogen) atoms. The quantitative estimate of drug-likeness (QED) is 0.341. The molecular weight excluding hydrogens is 244 g/mol. The Bertz CT molecular complexity index is 381. The van der Waals surface area contributed by atoms with Gasteiger partial charge in [-0.25, -0.2) is 0 Å². The summed E-state index contributed by atoms with van der Waals surface area (Å²) in [5.41, 5.74) is -0.334. The van der Waals surface area contributed by atoms with Gasteiger partial charge in [0.1, 0.15) is 5.41 Å². The standard InChI is InChI=1S/C14H24O3Si/c1-10-7-8-12(9-18(4,5)6)14(10,11(2)15)13(16)17-3/h12H,1,7-9H2,2-6H3/t12-,14+/m0/s1. The predicted octanol–water partition coefficient (Wildman–Crippen LogP) is 3.04. The van der Waals surface area contributed by atoms with Gasteiger partial charge in [-0.3, -0.25) is 9.59 Å². The maximum atomic E-state index is 12.2. The maximum absolute atomic E-state index is 12.2. The van der Waals surface area contributed by atoms with E-state index in [-0.39, 0.29) is 11.7 Å². The van der Waals surface area contributed by atoms with Gasteiger partial charge in [0, 0.05) is 8.07 Å². The predicted molar refractivity (Wildman–Crippen MR) is 75.1 cm³/mol. The zero-order valence-electron chi connectivity index (χ0n) is 12.1. The van der Waals surface area contributed by atoms with Crippen molar-refractivity contribution in [3.8, 4) is 0 Å². The molecule has 102 valence electrons. The number of rotatable bonds is 4. The fourth-order valence-electron chi connectivity index (χ4n) is 3.20. The lowest BCUT2D eigenvalue weighted by molar-refractivity contribution is -0.156. The summed E-state index contributed by atoms with van der Waals surface area (Å²) in [7, 11) is 0.00514. The smallest absolute Gasteiger partial charge is 0.323 e. The van der Waals surface area contributed by atoms with Crippen LogP contribution in [-0.2, 0) is 14.3 Å². The highest BCUT2D eigenvalue weighted by atomic mass is 28.3. The van der Waals surface area contributed by atoms with E-state index in [2.05, 4.69) is 26.2 Å². The molecular formula is C14H24O3Si. The summed E-state index contributed by atoms with van der Waals surface area (Å²) in [4.78, 5) is 24.3. The van der Waals surface area contributed by atoms with E-state index in [1.165, 1.54) is 14.0 Å². The second-order valence-electron chi connectivity index (χ2n) is 6.46. The van der Waals surface area contributed by atoms with Crippen LogP contribution in [0, 0.1) is 11.3 Å². The summed E-state index contributed by atoms with van der Waals surface area (Å²) in [5.74, 6) is -0.456. The van der Waals surface area contributed by atoms with Gasteiger partial charge in [-0.15, -0.1) is 0 Å². The molecule has 4 heteroatoms. The molecule has 2 atom stereocenters. The van der Waals surface area contributed by atoms with Crippen LogP contribution in [0.5, 0.6) is 0 Å². The average Bonchev–Trinajstić information content (AvgIpc) is 2.53. The third-order valence-electron chi connectivity index (χ3n) is 3.89. The molecule has 0 bridgehead atoms. The van der Waals surface area contributed by atoms with Gasteiger partial charge in [-0.1, -0.05) is 37.8 Å². The molecule has 1 aliphatic rings. The van der Waals surface area contributed by atoms with E-state index >= 15 is 0 Å². The monoisotopic (exact) mass is 268 g/mol. The van der Waals surface area contributed by atoms with Gasteiger partial charge >= 0.3 is 5.97 Å². The molecule has 0 saturated heterocycles. The maximum Gasteiger partial charge on any atom is 0.323 e. The van der Waals surface area contributed by atoms with Crippen LogP contribution < -0.4 is 0 Å². The highest BCUT2D eigenvalue weighted by Crippen LogP contribution is 2.51. The van der Waals surface area contributed by atoms with Crippen LogP contribution in [0.15, 0.2) is 12.2 Å². The van der Waals surface area contributed by atoms with Crippen molar-refractivity contribution in [3.05, 3.63) is 12.2 Å². The Hall–Kier alpha value is -0.903. The molecule has 1 fully saturated rings. The van der Waals surface area contributed by atoms with Crippen molar-refractivity contribution in [1.82, 2.24) is 0 Å². The third-order valence-corrected chi connectivity index (χ3v) is 5.60. The second kappa shape index (κ2) is 5.00. The van der Waals surface area contributed by atoms with Crippen LogP contribution in [0.3, 0.4) is 0 Å². The summed E-state index contributed by atoms with van der Waals surface area (Å²) in [6, 6.07) is 0.959. The topological polar surface area (TPSA) is 43.4 Å². The minimum atomic E-state index is -1.35. The van der Waals surface area contributed by atoms with E-state index in [0.717, 1.165) is 24.5 Å². The molecule has 1 saturated carbocycles. The summed E-state index contributed by atoms with van der Waals surface area (Å²) >= 11 is 0. The number of ketones is 1. The minimum absolute atomic E-state index is 0.0709. The fourth-order valence-corrected chi connectivity index (χ4v) is 5.19. The molecule has 1 rings (SSSR count). The van der Waals surface area contributed by atoms with Gasteiger partial charge in [0.2, 0.25) is 0 Å². The molecule has 0 unspecified atom stereocenters. The molecule has 0 aromatic carbocycles. The summed E-state index contributed by atoms with van der Waals surface area (Å²) in [6.07, 6.45) is 1.63. The van der Waals surface area contributed by atoms with Gasteiger partial charge < -0.3 is 4.74 Å². The van der Waals surface area contributed by atoms with E-state index in [4.69, 9.17) is 4.74 Å². The van der Waals surface area contributed by atoms with Crippen LogP contribution in [0.2, 0.25) is 25.7 Å². The Balaban J connectivity index is 3.21. The Morgan fingerprint density at radius 3 is 2.39 bits per heavy atom. The Kier molecular flexibility index (Phi) is 4.21. The first kappa shape index (κ1) is 15.2. The molecule has 0 radical (unpaired) electrons. The van der Waals surface area contributed by atoms with Crippen LogP contribution in [0.4, 0.5) is 0 Å². The van der Waals surface area contributed by atoms with Crippen molar-refractivity contribution in [2.45, 2.75) is 45.5 Å². The Labute approximate surface area is 111 Å². The molecule has 3 nitrogen and oxygen atoms in total. The summed E-state index contributed by atoms with van der Waals surface area (Å²) in [6.45, 7) is 12.2. The number of esters is 1. The number of ether oxygens (including phenoxy) is 1. The van der Waals surface area contributed by atoms with E-state index in [9.17, 15) is 9.59 Å². The molecule has 0 heterocycles. The van der Waals surface area contributed by atoms with Gasteiger partial charge in [-0.05, 0) is 25.7 Å². The lowest BCUT2D eigenvalue weighted by Gasteiger charge is -2.34. The Morgan fingerprint density at radius 2 is 2.00 bits per heavy atom. The molecule has 0 spiro atoms. The minimum Gasteiger partial charge on any atom is -0.468 e. The molecule has 0 aliphatic heterocycles. The SMILES string of the molecule is C=C1CC[C@@H](C[Si](C)(C)C)[C@@]1(C(C)=O)C(=O)OC. The van der Waals surface area contributed by atoms with Crippen molar-refractivity contribution in [2.24, 2.45) is 11.3 Å². The van der Waals surface area contributed by atoms with Gasteiger partial charge in [0.25, 0.3) is 0 Å².